The van der Waals surface area contributed by atoms with E-state index >= 15 is 0 Å². The highest BCUT2D eigenvalue weighted by molar-refractivity contribution is 6.32. The molecule has 9 heteroatoms. The molecule has 0 radical (unpaired) electrons. The first-order valence-corrected chi connectivity index (χ1v) is 9.32. The topological polar surface area (TPSA) is 47.4 Å². The van der Waals surface area contributed by atoms with Crippen LogP contribution in [0.25, 0.3) is 0 Å². The summed E-state index contributed by atoms with van der Waals surface area (Å²) < 4.78 is 43.6. The van der Waals surface area contributed by atoms with Crippen molar-refractivity contribution < 1.29 is 22.7 Å². The fraction of sp³-hybridized carbons (Fsp3) is 0.474. The normalized spacial score (nSPS) is 15.7. The first kappa shape index (κ1) is 20.5. The monoisotopic (exact) mass is 415 g/mol. The fourth-order valence-electron chi connectivity index (χ4n) is 3.56. The molecule has 3 rings (SSSR count). The van der Waals surface area contributed by atoms with E-state index in [1.807, 2.05) is 0 Å². The molecule has 28 heavy (non-hydrogen) atoms. The molecule has 0 saturated carbocycles. The van der Waals surface area contributed by atoms with Crippen molar-refractivity contribution in [3.05, 3.63) is 46.4 Å². The Bertz CT molecular complexity index is 839. The van der Waals surface area contributed by atoms with Crippen molar-refractivity contribution in [1.82, 2.24) is 14.5 Å². The summed E-state index contributed by atoms with van der Waals surface area (Å²) in [4.78, 5) is 18.2. The number of ether oxygens (including phenoxy) is 1. The third kappa shape index (κ3) is 4.60. The number of amides is 1. The minimum Gasteiger partial charge on any atom is -0.467 e. The molecule has 1 aliphatic rings. The van der Waals surface area contributed by atoms with E-state index in [0.717, 1.165) is 12.8 Å². The van der Waals surface area contributed by atoms with Gasteiger partial charge in [0.25, 0.3) is 5.91 Å². The second-order valence-electron chi connectivity index (χ2n) is 6.92. The van der Waals surface area contributed by atoms with E-state index < -0.39 is 12.8 Å². The lowest BCUT2D eigenvalue weighted by Gasteiger charge is -2.34. The summed E-state index contributed by atoms with van der Waals surface area (Å²) in [5.41, 5.74) is 2.64. The summed E-state index contributed by atoms with van der Waals surface area (Å²) in [5, 5.41) is -0.122. The Kier molecular flexibility index (Phi) is 5.88. The van der Waals surface area contributed by atoms with Crippen molar-refractivity contribution in [3.8, 4) is 5.88 Å². The minimum atomic E-state index is -4.49. The van der Waals surface area contributed by atoms with Crippen LogP contribution < -0.4 is 4.74 Å². The van der Waals surface area contributed by atoms with Gasteiger partial charge in [-0.2, -0.15) is 13.2 Å². The van der Waals surface area contributed by atoms with E-state index in [4.69, 9.17) is 11.6 Å². The van der Waals surface area contributed by atoms with Gasteiger partial charge in [-0.1, -0.05) is 11.6 Å². The molecule has 5 nitrogen and oxygen atoms in total. The molecule has 2 aromatic heterocycles. The summed E-state index contributed by atoms with van der Waals surface area (Å²) in [6, 6.07) is 5.82. The number of rotatable bonds is 4. The van der Waals surface area contributed by atoms with E-state index in [2.05, 4.69) is 40.3 Å². The van der Waals surface area contributed by atoms with Crippen molar-refractivity contribution in [2.24, 2.45) is 0 Å². The third-order valence-electron chi connectivity index (χ3n) is 4.87. The predicted octanol–water partition coefficient (Wildman–Crippen LogP) is 4.57. The molecular weight excluding hydrogens is 395 g/mol. The molecule has 1 saturated heterocycles. The molecule has 1 fully saturated rings. The number of carbonyl (C=O) groups is 1. The van der Waals surface area contributed by atoms with Crippen LogP contribution in [-0.2, 0) is 0 Å². The van der Waals surface area contributed by atoms with Gasteiger partial charge in [-0.25, -0.2) is 4.98 Å². The van der Waals surface area contributed by atoms with Crippen molar-refractivity contribution in [2.45, 2.75) is 38.9 Å². The number of hydrogen-bond donors (Lipinski definition) is 0. The average Bonchev–Trinajstić information content (AvgIpc) is 2.98. The quantitative estimate of drug-likeness (QED) is 0.734. The van der Waals surface area contributed by atoms with Crippen molar-refractivity contribution in [1.29, 1.82) is 0 Å². The molecule has 3 heterocycles. The molecule has 0 bridgehead atoms. The van der Waals surface area contributed by atoms with Gasteiger partial charge < -0.3 is 14.2 Å². The first-order chi connectivity index (χ1) is 13.2. The molecular formula is C19H21ClF3N3O2. The van der Waals surface area contributed by atoms with Crippen molar-refractivity contribution >= 4 is 17.5 Å². The molecule has 152 valence electrons. The molecule has 1 aliphatic heterocycles. The third-order valence-corrected chi connectivity index (χ3v) is 5.14. The maximum Gasteiger partial charge on any atom is 0.422 e. The van der Waals surface area contributed by atoms with Gasteiger partial charge in [0.1, 0.15) is 5.02 Å². The van der Waals surface area contributed by atoms with Crippen molar-refractivity contribution in [3.63, 3.8) is 0 Å². The zero-order chi connectivity index (χ0) is 20.5. The van der Waals surface area contributed by atoms with Crippen LogP contribution >= 0.6 is 11.6 Å². The average molecular weight is 416 g/mol. The number of aromatic nitrogens is 2. The number of aryl methyl sites for hydroxylation is 2. The Morgan fingerprint density at radius 1 is 1.25 bits per heavy atom. The summed E-state index contributed by atoms with van der Waals surface area (Å²) >= 11 is 5.94. The molecule has 1 amide bonds. The predicted molar refractivity (Wildman–Crippen MR) is 98.9 cm³/mol. The van der Waals surface area contributed by atoms with Gasteiger partial charge in [0.05, 0.1) is 5.56 Å². The molecule has 0 aliphatic carbocycles. The van der Waals surface area contributed by atoms with Crippen LogP contribution in [0, 0.1) is 13.8 Å². The second-order valence-corrected chi connectivity index (χ2v) is 7.33. The summed E-state index contributed by atoms with van der Waals surface area (Å²) in [5.74, 6) is -0.580. The number of piperidine rings is 1. The van der Waals surface area contributed by atoms with Crippen LogP contribution in [0.2, 0.25) is 5.02 Å². The molecule has 0 spiro atoms. The van der Waals surface area contributed by atoms with Crippen LogP contribution in [0.1, 0.15) is 40.6 Å². The molecule has 0 atom stereocenters. The van der Waals surface area contributed by atoms with Gasteiger partial charge in [0, 0.05) is 36.7 Å². The van der Waals surface area contributed by atoms with E-state index in [9.17, 15) is 18.0 Å². The Labute approximate surface area is 166 Å². The second kappa shape index (κ2) is 8.03. The van der Waals surface area contributed by atoms with Gasteiger partial charge >= 0.3 is 6.18 Å². The van der Waals surface area contributed by atoms with Crippen LogP contribution in [0.4, 0.5) is 13.2 Å². The summed E-state index contributed by atoms with van der Waals surface area (Å²) in [7, 11) is 0. The van der Waals surface area contributed by atoms with Gasteiger partial charge in [-0.05, 0) is 44.9 Å². The lowest BCUT2D eigenvalue weighted by atomic mass is 10.0. The number of hydrogen-bond acceptors (Lipinski definition) is 3. The lowest BCUT2D eigenvalue weighted by molar-refractivity contribution is -0.154. The van der Waals surface area contributed by atoms with E-state index in [1.165, 1.54) is 23.7 Å². The number of likely N-dealkylation sites (tertiary alicyclic amines) is 1. The number of halogens is 4. The number of pyridine rings is 1. The highest BCUT2D eigenvalue weighted by Gasteiger charge is 2.30. The first-order valence-electron chi connectivity index (χ1n) is 8.94. The van der Waals surface area contributed by atoms with E-state index in [1.54, 1.807) is 4.90 Å². The molecule has 0 N–H and O–H groups in total. The summed E-state index contributed by atoms with van der Waals surface area (Å²) in [6.45, 7) is 3.83. The highest BCUT2D eigenvalue weighted by Crippen LogP contribution is 2.29. The van der Waals surface area contributed by atoms with Gasteiger partial charge in [0.2, 0.25) is 5.88 Å². The Morgan fingerprint density at radius 3 is 2.39 bits per heavy atom. The van der Waals surface area contributed by atoms with Gasteiger partial charge in [-0.15, -0.1) is 0 Å². The van der Waals surface area contributed by atoms with E-state index in [-0.39, 0.29) is 22.4 Å². The molecule has 0 aromatic carbocycles. The van der Waals surface area contributed by atoms with Gasteiger partial charge in [0.15, 0.2) is 6.61 Å². The highest BCUT2D eigenvalue weighted by atomic mass is 35.5. The van der Waals surface area contributed by atoms with Crippen LogP contribution in [0.15, 0.2) is 24.4 Å². The fourth-order valence-corrected chi connectivity index (χ4v) is 3.79. The zero-order valence-electron chi connectivity index (χ0n) is 15.6. The van der Waals surface area contributed by atoms with E-state index in [0.29, 0.717) is 19.1 Å². The lowest BCUT2D eigenvalue weighted by Crippen LogP contribution is -2.39. The molecule has 0 unspecified atom stereocenters. The Morgan fingerprint density at radius 2 is 1.86 bits per heavy atom. The van der Waals surface area contributed by atoms with Crippen LogP contribution in [0.3, 0.4) is 0 Å². The number of nitrogens with zero attached hydrogens (tertiary/aromatic N) is 3. The smallest absolute Gasteiger partial charge is 0.422 e. The number of alkyl halides is 3. The Hall–Kier alpha value is -2.22. The Balaban J connectivity index is 1.63. The summed E-state index contributed by atoms with van der Waals surface area (Å²) in [6.07, 6.45) is -1.63. The standard InChI is InChI=1S/C19H21ClF3N3O2/c1-12-3-4-13(2)26(12)15-5-7-25(8-6-15)18(27)14-9-16(20)17(24-10-14)28-11-19(21,22)23/h3-4,9-10,15H,5-8,11H2,1-2H3. The van der Waals surface area contributed by atoms with Crippen LogP contribution in [0.5, 0.6) is 5.88 Å². The maximum absolute atomic E-state index is 12.7. The molecule has 2 aromatic rings. The van der Waals surface area contributed by atoms with Crippen LogP contribution in [-0.4, -0.2) is 46.2 Å². The SMILES string of the molecule is Cc1ccc(C)n1C1CCN(C(=O)c2cnc(OCC(F)(F)F)c(Cl)c2)CC1. The zero-order valence-corrected chi connectivity index (χ0v) is 16.3. The van der Waals surface area contributed by atoms with Crippen molar-refractivity contribution in [2.75, 3.05) is 19.7 Å². The largest absolute Gasteiger partial charge is 0.467 e. The maximum atomic E-state index is 12.7. The minimum absolute atomic E-state index is 0.122. The number of carbonyl (C=O) groups excluding carboxylic acids is 1. The van der Waals surface area contributed by atoms with Gasteiger partial charge in [-0.3, -0.25) is 4.79 Å².